The van der Waals surface area contributed by atoms with Gasteiger partial charge in [0.05, 0.1) is 28.2 Å². The number of aryl methyl sites for hydroxylation is 1. The highest BCUT2D eigenvalue weighted by atomic mass is 35.5. The smallest absolute Gasteiger partial charge is 0.328 e. The third-order valence-electron chi connectivity index (χ3n) is 7.45. The van der Waals surface area contributed by atoms with Gasteiger partial charge in [-0.1, -0.05) is 65.7 Å². The molecule has 0 radical (unpaired) electrons. The van der Waals surface area contributed by atoms with E-state index in [4.69, 9.17) is 23.2 Å². The number of nitrogens with zero attached hydrogens (tertiary/aromatic N) is 1. The number of carbonyl (C=O) groups excluding carboxylic acids is 3. The molecule has 212 valence electrons. The van der Waals surface area contributed by atoms with E-state index in [2.05, 4.69) is 16.0 Å². The van der Waals surface area contributed by atoms with E-state index in [9.17, 15) is 24.3 Å². The van der Waals surface area contributed by atoms with Crippen molar-refractivity contribution in [3.8, 4) is 0 Å². The molecule has 0 unspecified atom stereocenters. The summed E-state index contributed by atoms with van der Waals surface area (Å²) in [5.74, 6) is -2.22. The molecule has 41 heavy (non-hydrogen) atoms. The Bertz CT molecular complexity index is 1510. The highest BCUT2D eigenvalue weighted by Crippen LogP contribution is 2.35. The zero-order valence-corrected chi connectivity index (χ0v) is 23.5. The third kappa shape index (κ3) is 6.16. The number of carbonyl (C=O) groups is 4. The lowest BCUT2D eigenvalue weighted by Crippen LogP contribution is -2.50. The summed E-state index contributed by atoms with van der Waals surface area (Å²) in [5.41, 5.74) is 4.12. The summed E-state index contributed by atoms with van der Waals surface area (Å²) in [6.07, 6.45) is 2.00. The van der Waals surface area contributed by atoms with Crippen molar-refractivity contribution in [2.24, 2.45) is 0 Å². The van der Waals surface area contributed by atoms with Crippen molar-refractivity contribution >= 4 is 47.0 Å². The molecule has 4 amide bonds. The van der Waals surface area contributed by atoms with Gasteiger partial charge >= 0.3 is 12.0 Å². The van der Waals surface area contributed by atoms with Crippen LogP contribution in [0.25, 0.3) is 0 Å². The molecule has 0 saturated heterocycles. The Labute approximate surface area is 246 Å². The Hall–Kier alpha value is -4.08. The first-order chi connectivity index (χ1) is 19.7. The van der Waals surface area contributed by atoms with Gasteiger partial charge in [-0.2, -0.15) is 0 Å². The summed E-state index contributed by atoms with van der Waals surface area (Å²) in [7, 11) is 0. The van der Waals surface area contributed by atoms with E-state index in [1.807, 2.05) is 30.3 Å². The van der Waals surface area contributed by atoms with Crippen molar-refractivity contribution in [3.05, 3.63) is 104 Å². The molecule has 3 aromatic rings. The molecule has 0 bridgehead atoms. The zero-order valence-electron chi connectivity index (χ0n) is 22.0. The van der Waals surface area contributed by atoms with Crippen LogP contribution in [-0.4, -0.2) is 53.0 Å². The van der Waals surface area contributed by atoms with Crippen LogP contribution in [-0.2, 0) is 24.2 Å². The van der Waals surface area contributed by atoms with Gasteiger partial charge in [-0.3, -0.25) is 9.59 Å². The number of aliphatic carboxylic acids is 1. The van der Waals surface area contributed by atoms with Crippen LogP contribution in [0.4, 0.5) is 4.79 Å². The average molecular weight is 595 g/mol. The first-order valence-corrected chi connectivity index (χ1v) is 14.0. The normalized spacial score (nSPS) is 16.2. The van der Waals surface area contributed by atoms with Crippen molar-refractivity contribution < 1.29 is 24.3 Å². The maximum atomic E-state index is 13.2. The maximum absolute atomic E-state index is 13.2. The number of rotatable bonds is 7. The number of hydrogen-bond donors (Lipinski definition) is 4. The molecule has 2 atom stereocenters. The second-order valence-corrected chi connectivity index (χ2v) is 10.8. The van der Waals surface area contributed by atoms with Crippen LogP contribution < -0.4 is 16.0 Å². The lowest BCUT2D eigenvalue weighted by Gasteiger charge is -2.30. The maximum Gasteiger partial charge on any atom is 0.328 e. The second kappa shape index (κ2) is 12.2. The van der Waals surface area contributed by atoms with Crippen molar-refractivity contribution in [3.63, 3.8) is 0 Å². The van der Waals surface area contributed by atoms with Crippen LogP contribution in [0.15, 0.2) is 60.7 Å². The molecule has 9 nitrogen and oxygen atoms in total. The van der Waals surface area contributed by atoms with Gasteiger partial charge in [0.15, 0.2) is 0 Å². The lowest BCUT2D eigenvalue weighted by atomic mass is 9.96. The SMILES string of the molecule is O=C(NC[C@H](NC(=O)c1c(Cl)cc2c(c1Cl)CCN(C(=O)c1ccccc1)C2)C(=O)O)N[C@@H]1CCc2ccccc21. The standard InChI is InChI=1S/C30H28Cl2N4O5/c31-22-14-19-16-36(28(38)18-7-2-1-3-8-18)13-12-21(19)26(32)25(22)27(37)34-24(29(39)40)15-33-30(41)35-23-11-10-17-6-4-5-9-20(17)23/h1-9,14,23-24H,10-13,15-16H2,(H,34,37)(H,39,40)(H2,33,35,41)/t23-,24+/m1/s1. The fourth-order valence-electron chi connectivity index (χ4n) is 5.34. The van der Waals surface area contributed by atoms with Crippen LogP contribution in [0.2, 0.25) is 10.0 Å². The van der Waals surface area contributed by atoms with E-state index in [1.54, 1.807) is 35.2 Å². The number of carboxylic acids is 1. The van der Waals surface area contributed by atoms with Gasteiger partial charge in [-0.25, -0.2) is 9.59 Å². The highest BCUT2D eigenvalue weighted by Gasteiger charge is 2.30. The number of carboxylic acid groups (broad SMARTS) is 1. The first-order valence-electron chi connectivity index (χ1n) is 13.2. The van der Waals surface area contributed by atoms with Crippen LogP contribution in [0, 0.1) is 0 Å². The largest absolute Gasteiger partial charge is 0.480 e. The quantitative estimate of drug-likeness (QED) is 0.323. The summed E-state index contributed by atoms with van der Waals surface area (Å²) in [6.45, 7) is 0.316. The molecule has 11 heteroatoms. The predicted octanol–water partition coefficient (Wildman–Crippen LogP) is 4.36. The minimum absolute atomic E-state index is 0.0370. The lowest BCUT2D eigenvalue weighted by molar-refractivity contribution is -0.139. The van der Waals surface area contributed by atoms with Crippen LogP contribution >= 0.6 is 23.2 Å². The number of hydrogen-bond acceptors (Lipinski definition) is 4. The van der Waals surface area contributed by atoms with E-state index >= 15 is 0 Å². The number of halogens is 2. The summed E-state index contributed by atoms with van der Waals surface area (Å²) < 4.78 is 0. The van der Waals surface area contributed by atoms with Gasteiger partial charge in [0, 0.05) is 18.7 Å². The number of nitrogens with one attached hydrogen (secondary N) is 3. The molecule has 0 saturated carbocycles. The van der Waals surface area contributed by atoms with E-state index in [-0.39, 0.29) is 40.6 Å². The van der Waals surface area contributed by atoms with Gasteiger partial charge < -0.3 is 26.0 Å². The Morgan fingerprint density at radius 1 is 0.976 bits per heavy atom. The van der Waals surface area contributed by atoms with E-state index < -0.39 is 23.9 Å². The molecule has 4 N–H and O–H groups in total. The number of amides is 4. The Kier molecular flexibility index (Phi) is 8.46. The van der Waals surface area contributed by atoms with Gasteiger partial charge in [0.25, 0.3) is 11.8 Å². The van der Waals surface area contributed by atoms with Gasteiger partial charge in [0.1, 0.15) is 6.04 Å². The van der Waals surface area contributed by atoms with Gasteiger partial charge in [0.2, 0.25) is 0 Å². The Morgan fingerprint density at radius 2 is 1.71 bits per heavy atom. The molecule has 5 rings (SSSR count). The summed E-state index contributed by atoms with van der Waals surface area (Å²) >= 11 is 13.1. The number of benzene rings is 3. The number of urea groups is 1. The summed E-state index contributed by atoms with van der Waals surface area (Å²) in [4.78, 5) is 52.2. The fourth-order valence-corrected chi connectivity index (χ4v) is 6.10. The minimum atomic E-state index is -1.42. The van der Waals surface area contributed by atoms with E-state index in [1.165, 1.54) is 5.56 Å². The van der Waals surface area contributed by atoms with Crippen molar-refractivity contribution in [2.45, 2.75) is 37.9 Å². The number of fused-ring (bicyclic) bond motifs is 2. The van der Waals surface area contributed by atoms with Gasteiger partial charge in [-0.15, -0.1) is 0 Å². The van der Waals surface area contributed by atoms with Crippen molar-refractivity contribution in [2.75, 3.05) is 13.1 Å². The third-order valence-corrected chi connectivity index (χ3v) is 8.16. The monoisotopic (exact) mass is 594 g/mol. The predicted molar refractivity (Wildman–Crippen MR) is 154 cm³/mol. The fraction of sp³-hybridized carbons (Fsp3) is 0.267. The molecule has 0 aromatic heterocycles. The minimum Gasteiger partial charge on any atom is -0.480 e. The molecular formula is C30H28Cl2N4O5. The Morgan fingerprint density at radius 3 is 2.46 bits per heavy atom. The van der Waals surface area contributed by atoms with Crippen LogP contribution in [0.3, 0.4) is 0 Å². The van der Waals surface area contributed by atoms with Crippen molar-refractivity contribution in [1.82, 2.24) is 20.9 Å². The second-order valence-electron chi connectivity index (χ2n) is 10.0. The molecular weight excluding hydrogens is 567 g/mol. The molecule has 1 aliphatic carbocycles. The molecule has 0 fully saturated rings. The van der Waals surface area contributed by atoms with Crippen molar-refractivity contribution in [1.29, 1.82) is 0 Å². The molecule has 1 aliphatic heterocycles. The zero-order chi connectivity index (χ0) is 29.1. The first kappa shape index (κ1) is 28.4. The van der Waals surface area contributed by atoms with E-state index in [0.29, 0.717) is 29.7 Å². The molecule has 0 spiro atoms. The van der Waals surface area contributed by atoms with Crippen LogP contribution in [0.1, 0.15) is 55.4 Å². The molecule has 1 heterocycles. The summed E-state index contributed by atoms with van der Waals surface area (Å²) in [6, 6.07) is 16.2. The van der Waals surface area contributed by atoms with Crippen LogP contribution in [0.5, 0.6) is 0 Å². The highest BCUT2D eigenvalue weighted by molar-refractivity contribution is 6.40. The van der Waals surface area contributed by atoms with E-state index in [0.717, 1.165) is 18.4 Å². The Balaban J connectivity index is 1.23. The summed E-state index contributed by atoms with van der Waals surface area (Å²) in [5, 5.41) is 17.7. The molecule has 3 aromatic carbocycles. The average Bonchev–Trinajstić information content (AvgIpc) is 3.37. The van der Waals surface area contributed by atoms with Gasteiger partial charge in [-0.05, 0) is 59.7 Å². The molecule has 2 aliphatic rings. The topological polar surface area (TPSA) is 128 Å².